The van der Waals surface area contributed by atoms with Crippen LogP contribution in [-0.4, -0.2) is 23.7 Å². The largest absolute Gasteiger partial charge is 0.486 e. The minimum atomic E-state index is -0.275. The summed E-state index contributed by atoms with van der Waals surface area (Å²) in [5.41, 5.74) is 4.81. The van der Waals surface area contributed by atoms with Crippen molar-refractivity contribution in [1.82, 2.24) is 4.57 Å². The van der Waals surface area contributed by atoms with Gasteiger partial charge in [-0.05, 0) is 54.8 Å². The molecule has 184 valence electrons. The average Bonchev–Trinajstić information content (AvgIpc) is 2.90. The van der Waals surface area contributed by atoms with Crippen LogP contribution in [0.4, 0.5) is 11.4 Å². The Kier molecular flexibility index (Phi) is 6.62. The highest BCUT2D eigenvalue weighted by Gasteiger charge is 2.18. The number of rotatable bonds is 7. The predicted octanol–water partition coefficient (Wildman–Crippen LogP) is 4.89. The molecule has 36 heavy (non-hydrogen) atoms. The maximum absolute atomic E-state index is 13.6. The van der Waals surface area contributed by atoms with E-state index < -0.39 is 0 Å². The highest BCUT2D eigenvalue weighted by atomic mass is 16.6. The molecule has 2 N–H and O–H groups in total. The van der Waals surface area contributed by atoms with Gasteiger partial charge in [0, 0.05) is 34.9 Å². The monoisotopic (exact) mass is 483 g/mol. The number of nitrogens with one attached hydrogen (secondary N) is 2. The molecule has 7 heteroatoms. The van der Waals surface area contributed by atoms with Gasteiger partial charge in [0.25, 0.3) is 5.56 Å². The van der Waals surface area contributed by atoms with Crippen molar-refractivity contribution in [2.45, 2.75) is 33.4 Å². The summed E-state index contributed by atoms with van der Waals surface area (Å²) in [6.45, 7) is 5.16. The molecular formula is C29H29N3O4. The summed E-state index contributed by atoms with van der Waals surface area (Å²) >= 11 is 0. The Bertz CT molecular complexity index is 1470. The van der Waals surface area contributed by atoms with E-state index >= 15 is 0 Å². The molecule has 3 aromatic carbocycles. The summed E-state index contributed by atoms with van der Waals surface area (Å²) in [4.78, 5) is 26.6. The number of carbonyl (C=O) groups excluding carboxylic acids is 1. The van der Waals surface area contributed by atoms with Crippen molar-refractivity contribution >= 4 is 28.2 Å². The number of carbonyl (C=O) groups is 1. The number of amides is 1. The van der Waals surface area contributed by atoms with Gasteiger partial charge in [-0.2, -0.15) is 0 Å². The number of aryl methyl sites for hydroxylation is 2. The van der Waals surface area contributed by atoms with Crippen LogP contribution in [0.2, 0.25) is 0 Å². The van der Waals surface area contributed by atoms with E-state index in [4.69, 9.17) is 9.47 Å². The highest BCUT2D eigenvalue weighted by Crippen LogP contribution is 2.34. The molecule has 4 aromatic rings. The molecule has 1 aliphatic heterocycles. The van der Waals surface area contributed by atoms with Crippen LogP contribution in [-0.2, 0) is 24.3 Å². The molecule has 0 saturated heterocycles. The van der Waals surface area contributed by atoms with Gasteiger partial charge in [0.2, 0.25) is 5.91 Å². The van der Waals surface area contributed by atoms with Gasteiger partial charge in [-0.3, -0.25) is 14.2 Å². The van der Waals surface area contributed by atoms with Gasteiger partial charge in [-0.25, -0.2) is 0 Å². The van der Waals surface area contributed by atoms with Gasteiger partial charge in [0.1, 0.15) is 19.8 Å². The van der Waals surface area contributed by atoms with Gasteiger partial charge >= 0.3 is 0 Å². The van der Waals surface area contributed by atoms with Gasteiger partial charge in [-0.15, -0.1) is 0 Å². The van der Waals surface area contributed by atoms with Crippen molar-refractivity contribution in [3.05, 3.63) is 93.8 Å². The molecule has 0 saturated carbocycles. The first kappa shape index (κ1) is 23.5. The van der Waals surface area contributed by atoms with E-state index in [0.717, 1.165) is 28.7 Å². The molecule has 0 aliphatic carbocycles. The van der Waals surface area contributed by atoms with Crippen LogP contribution in [0.25, 0.3) is 10.9 Å². The van der Waals surface area contributed by atoms with Crippen molar-refractivity contribution in [2.75, 3.05) is 23.8 Å². The minimum absolute atomic E-state index is 0.123. The topological polar surface area (TPSA) is 81.6 Å². The van der Waals surface area contributed by atoms with E-state index in [1.165, 1.54) is 10.1 Å². The third-order valence-corrected chi connectivity index (χ3v) is 6.40. The molecule has 1 aliphatic rings. The summed E-state index contributed by atoms with van der Waals surface area (Å²) < 4.78 is 13.0. The first-order chi connectivity index (χ1) is 17.5. The third-order valence-electron chi connectivity index (χ3n) is 6.40. The van der Waals surface area contributed by atoms with Gasteiger partial charge in [-0.1, -0.05) is 37.3 Å². The van der Waals surface area contributed by atoms with Crippen LogP contribution >= 0.6 is 0 Å². The molecule has 0 bridgehead atoms. The van der Waals surface area contributed by atoms with E-state index in [1.807, 2.05) is 55.5 Å². The Balaban J connectivity index is 1.50. The lowest BCUT2D eigenvalue weighted by Gasteiger charge is -2.21. The van der Waals surface area contributed by atoms with Crippen LogP contribution in [0.5, 0.6) is 11.5 Å². The second-order valence-electron chi connectivity index (χ2n) is 8.88. The van der Waals surface area contributed by atoms with Crippen LogP contribution in [0.1, 0.15) is 23.6 Å². The van der Waals surface area contributed by atoms with Crippen molar-refractivity contribution in [2.24, 2.45) is 0 Å². The number of para-hydroxylation sites is 1. The lowest BCUT2D eigenvalue weighted by Crippen LogP contribution is -2.31. The Hall–Kier alpha value is -4.26. The fourth-order valence-electron chi connectivity index (χ4n) is 4.36. The number of ether oxygens (including phenoxy) is 2. The number of nitrogens with zero attached hydrogens (tertiary/aromatic N) is 1. The van der Waals surface area contributed by atoms with E-state index in [2.05, 4.69) is 29.7 Å². The fraction of sp³-hybridized carbons (Fsp3) is 0.241. The molecule has 1 amide bonds. The van der Waals surface area contributed by atoms with Crippen molar-refractivity contribution in [3.63, 3.8) is 0 Å². The molecule has 7 nitrogen and oxygen atoms in total. The number of hydrogen-bond donors (Lipinski definition) is 2. The Morgan fingerprint density at radius 2 is 1.69 bits per heavy atom. The summed E-state index contributed by atoms with van der Waals surface area (Å²) in [5, 5.41) is 7.08. The number of fused-ring (bicyclic) bond motifs is 2. The zero-order chi connectivity index (χ0) is 25.1. The number of benzene rings is 3. The van der Waals surface area contributed by atoms with Crippen LogP contribution < -0.4 is 25.7 Å². The zero-order valence-corrected chi connectivity index (χ0v) is 20.5. The average molecular weight is 484 g/mol. The van der Waals surface area contributed by atoms with Gasteiger partial charge < -0.3 is 20.1 Å². The van der Waals surface area contributed by atoms with Crippen molar-refractivity contribution < 1.29 is 14.3 Å². The number of aromatic nitrogens is 1. The molecule has 0 radical (unpaired) electrons. The molecule has 0 fully saturated rings. The highest BCUT2D eigenvalue weighted by molar-refractivity contribution is 5.93. The molecule has 2 heterocycles. The minimum Gasteiger partial charge on any atom is -0.486 e. The number of pyridine rings is 1. The smallest absolute Gasteiger partial charge is 0.256 e. The third kappa shape index (κ3) is 4.91. The maximum atomic E-state index is 13.6. The fourth-order valence-corrected chi connectivity index (χ4v) is 4.36. The second-order valence-corrected chi connectivity index (χ2v) is 8.88. The number of anilines is 2. The SMILES string of the molecule is CCc1ccc(NCc2cc3cc4c(cc3n(CC(=O)Nc3ccccc3C)c2=O)OCCO4)cc1. The summed E-state index contributed by atoms with van der Waals surface area (Å²) in [5.74, 6) is 0.934. The summed E-state index contributed by atoms with van der Waals surface area (Å²) in [6.07, 6.45) is 0.969. The van der Waals surface area contributed by atoms with Crippen LogP contribution in [0, 0.1) is 6.92 Å². The van der Waals surface area contributed by atoms with E-state index in [1.54, 1.807) is 6.07 Å². The lowest BCUT2D eigenvalue weighted by molar-refractivity contribution is -0.116. The van der Waals surface area contributed by atoms with Crippen LogP contribution in [0.15, 0.2) is 71.5 Å². The maximum Gasteiger partial charge on any atom is 0.256 e. The normalized spacial score (nSPS) is 12.4. The Labute approximate surface area is 209 Å². The molecular weight excluding hydrogens is 454 g/mol. The summed E-state index contributed by atoms with van der Waals surface area (Å²) in [6, 6.07) is 21.2. The van der Waals surface area contributed by atoms with Crippen molar-refractivity contribution in [3.8, 4) is 11.5 Å². The van der Waals surface area contributed by atoms with E-state index in [-0.39, 0.29) is 18.0 Å². The van der Waals surface area contributed by atoms with Crippen LogP contribution in [0.3, 0.4) is 0 Å². The zero-order valence-electron chi connectivity index (χ0n) is 20.5. The van der Waals surface area contributed by atoms with Crippen molar-refractivity contribution in [1.29, 1.82) is 0 Å². The predicted molar refractivity (Wildman–Crippen MR) is 142 cm³/mol. The molecule has 1 aromatic heterocycles. The molecule has 0 unspecified atom stereocenters. The Morgan fingerprint density at radius 1 is 0.972 bits per heavy atom. The second kappa shape index (κ2) is 10.2. The van der Waals surface area contributed by atoms with E-state index in [9.17, 15) is 9.59 Å². The Morgan fingerprint density at radius 3 is 2.42 bits per heavy atom. The standard InChI is InChI=1S/C29H29N3O4/c1-3-20-8-10-23(11-9-20)30-17-22-14-21-15-26-27(36-13-12-35-26)16-25(21)32(29(22)34)18-28(33)31-24-7-5-4-6-19(24)2/h4-11,14-16,30H,3,12-13,17-18H2,1-2H3,(H,31,33). The first-order valence-corrected chi connectivity index (χ1v) is 12.2. The lowest BCUT2D eigenvalue weighted by atomic mass is 10.1. The molecule has 5 rings (SSSR count). The van der Waals surface area contributed by atoms with E-state index in [0.29, 0.717) is 42.3 Å². The quantitative estimate of drug-likeness (QED) is 0.391. The van der Waals surface area contributed by atoms with Gasteiger partial charge in [0.05, 0.1) is 5.52 Å². The number of hydrogen-bond acceptors (Lipinski definition) is 5. The molecule has 0 atom stereocenters. The molecule has 0 spiro atoms. The first-order valence-electron chi connectivity index (χ1n) is 12.2. The summed E-state index contributed by atoms with van der Waals surface area (Å²) in [7, 11) is 0. The van der Waals surface area contributed by atoms with Gasteiger partial charge in [0.15, 0.2) is 11.5 Å².